The zero-order chi connectivity index (χ0) is 38.2. The van der Waals surface area contributed by atoms with Crippen molar-refractivity contribution < 1.29 is 37.6 Å². The number of carbonyl (C=O) groups is 2. The third-order valence-electron chi connectivity index (χ3n) is 9.11. The van der Waals surface area contributed by atoms with E-state index in [0.717, 1.165) is 71.3 Å². The van der Waals surface area contributed by atoms with E-state index < -0.39 is 26.5 Å². The van der Waals surface area contributed by atoms with Crippen molar-refractivity contribution >= 4 is 19.8 Å². The number of ether oxygens (including phenoxy) is 2. The molecule has 0 heterocycles. The smallest absolute Gasteiger partial charge is 0.462 e. The maximum Gasteiger partial charge on any atom is 0.472 e. The molecule has 0 rings (SSSR count). The van der Waals surface area contributed by atoms with E-state index in [2.05, 4.69) is 54.8 Å². The molecule has 0 aliphatic carbocycles. The predicted octanol–water partition coefficient (Wildman–Crippen LogP) is 13.2. The lowest BCUT2D eigenvalue weighted by Crippen LogP contribution is -2.29. The summed E-state index contributed by atoms with van der Waals surface area (Å²) in [6.07, 6.45) is 44.7. The van der Waals surface area contributed by atoms with E-state index in [1.165, 1.54) is 103 Å². The summed E-state index contributed by atoms with van der Waals surface area (Å²) in [6.45, 7) is 3.85. The molecule has 8 nitrogen and oxygen atoms in total. The molecular weight excluding hydrogens is 675 g/mol. The fourth-order valence-corrected chi connectivity index (χ4v) is 6.26. The third-order valence-corrected chi connectivity index (χ3v) is 10.0. The van der Waals surface area contributed by atoms with E-state index in [1.54, 1.807) is 0 Å². The molecule has 0 aliphatic heterocycles. The number of carbonyl (C=O) groups excluding carboxylic acids is 2. The molecule has 0 amide bonds. The molecule has 304 valence electrons. The molecule has 0 aromatic carbocycles. The maximum absolute atomic E-state index is 12.5. The average Bonchev–Trinajstić information content (AvgIpc) is 3.13. The first-order valence-corrected chi connectivity index (χ1v) is 22.7. The zero-order valence-corrected chi connectivity index (χ0v) is 34.6. The number of allylic oxidation sites excluding steroid dienone is 6. The van der Waals surface area contributed by atoms with Gasteiger partial charge in [-0.3, -0.25) is 18.6 Å². The Labute approximate surface area is 319 Å². The van der Waals surface area contributed by atoms with Gasteiger partial charge in [-0.1, -0.05) is 153 Å². The van der Waals surface area contributed by atoms with Gasteiger partial charge < -0.3 is 14.4 Å². The van der Waals surface area contributed by atoms with Gasteiger partial charge in [-0.15, -0.1) is 0 Å². The second-order valence-electron chi connectivity index (χ2n) is 14.1. The number of esters is 2. The van der Waals surface area contributed by atoms with Gasteiger partial charge in [0.25, 0.3) is 0 Å². The van der Waals surface area contributed by atoms with Crippen molar-refractivity contribution in [3.05, 3.63) is 36.5 Å². The second kappa shape index (κ2) is 39.0. The number of phosphoric acid groups is 1. The monoisotopic (exact) mass is 755 g/mol. The van der Waals surface area contributed by atoms with Crippen molar-refractivity contribution in [2.45, 2.75) is 206 Å². The van der Waals surface area contributed by atoms with Gasteiger partial charge >= 0.3 is 19.8 Å². The molecular formula is C43H79O8P. The van der Waals surface area contributed by atoms with Crippen molar-refractivity contribution in [3.8, 4) is 0 Å². The lowest BCUT2D eigenvalue weighted by Gasteiger charge is -2.19. The van der Waals surface area contributed by atoms with Crippen LogP contribution in [-0.2, 0) is 32.7 Å². The van der Waals surface area contributed by atoms with Crippen molar-refractivity contribution in [1.29, 1.82) is 0 Å². The fourth-order valence-electron chi connectivity index (χ4n) is 5.80. The summed E-state index contributed by atoms with van der Waals surface area (Å²) in [4.78, 5) is 34.4. The molecule has 0 saturated heterocycles. The number of rotatable bonds is 39. The van der Waals surface area contributed by atoms with Crippen molar-refractivity contribution in [2.24, 2.45) is 0 Å². The molecule has 0 bridgehead atoms. The number of phosphoric ester groups is 1. The quantitative estimate of drug-likeness (QED) is 0.0286. The Hall–Kier alpha value is -1.73. The Bertz CT molecular complexity index is 947. The average molecular weight is 755 g/mol. The van der Waals surface area contributed by atoms with E-state index in [-0.39, 0.29) is 25.4 Å². The lowest BCUT2D eigenvalue weighted by molar-refractivity contribution is -0.161. The van der Waals surface area contributed by atoms with Crippen LogP contribution in [-0.4, -0.2) is 43.3 Å². The minimum Gasteiger partial charge on any atom is -0.462 e. The molecule has 0 saturated carbocycles. The van der Waals surface area contributed by atoms with E-state index in [1.807, 2.05) is 0 Å². The Kier molecular flexibility index (Phi) is 37.7. The summed E-state index contributed by atoms with van der Waals surface area (Å²) in [5, 5.41) is 0. The summed E-state index contributed by atoms with van der Waals surface area (Å²) in [5.41, 5.74) is 0. The van der Waals surface area contributed by atoms with Gasteiger partial charge in [0, 0.05) is 20.0 Å². The standard InChI is InChI=1S/C43H79O8P/c1-4-6-8-10-12-14-16-18-20-21-22-23-24-26-28-30-32-34-36-38-43(45)51-41(40-50-52(46,47)48-3)39-49-42(44)37-35-33-31-29-27-25-19-17-15-13-11-9-7-5-2/h12,14,17-20,41H,4-11,13,15-16,21-40H2,1-3H3,(H,46,47)/b14-12-,19-17-,20-18-. The minimum atomic E-state index is -4.26. The molecule has 1 N–H and O–H groups in total. The van der Waals surface area contributed by atoms with Crippen molar-refractivity contribution in [3.63, 3.8) is 0 Å². The first-order valence-electron chi connectivity index (χ1n) is 21.2. The number of hydrogen-bond acceptors (Lipinski definition) is 7. The van der Waals surface area contributed by atoms with Gasteiger partial charge in [-0.25, -0.2) is 4.57 Å². The molecule has 52 heavy (non-hydrogen) atoms. The minimum absolute atomic E-state index is 0.230. The van der Waals surface area contributed by atoms with Crippen LogP contribution in [0.5, 0.6) is 0 Å². The Morgan fingerprint density at radius 3 is 1.40 bits per heavy atom. The molecule has 2 atom stereocenters. The fraction of sp³-hybridized carbons (Fsp3) is 0.814. The van der Waals surface area contributed by atoms with Gasteiger partial charge in [0.05, 0.1) is 6.61 Å². The van der Waals surface area contributed by atoms with Gasteiger partial charge in [-0.05, 0) is 70.6 Å². The normalized spacial score (nSPS) is 13.7. The van der Waals surface area contributed by atoms with Gasteiger partial charge in [0.2, 0.25) is 0 Å². The van der Waals surface area contributed by atoms with Crippen LogP contribution < -0.4 is 0 Å². The van der Waals surface area contributed by atoms with Crippen LogP contribution in [0.25, 0.3) is 0 Å². The highest BCUT2D eigenvalue weighted by Gasteiger charge is 2.24. The van der Waals surface area contributed by atoms with Crippen LogP contribution in [0.4, 0.5) is 0 Å². The lowest BCUT2D eigenvalue weighted by atomic mass is 10.1. The summed E-state index contributed by atoms with van der Waals surface area (Å²) < 4.78 is 32.0. The third kappa shape index (κ3) is 38.0. The molecule has 2 unspecified atom stereocenters. The SMILES string of the molecule is CCCCC/C=C\C/C=C\CCCCCCCCCCCC(=O)OC(COC(=O)CCCCCCC/C=C\CCCCCCC)COP(=O)(O)OC. The number of unbranched alkanes of at least 4 members (excludes halogenated alkanes) is 22. The summed E-state index contributed by atoms with van der Waals surface area (Å²) >= 11 is 0. The van der Waals surface area contributed by atoms with Crippen molar-refractivity contribution in [2.75, 3.05) is 20.3 Å². The van der Waals surface area contributed by atoms with Crippen LogP contribution in [0, 0.1) is 0 Å². The summed E-state index contributed by atoms with van der Waals surface area (Å²) in [5.74, 6) is -0.816. The second-order valence-corrected chi connectivity index (χ2v) is 15.7. The van der Waals surface area contributed by atoms with Crippen molar-refractivity contribution in [1.82, 2.24) is 0 Å². The topological polar surface area (TPSA) is 108 Å². The zero-order valence-electron chi connectivity index (χ0n) is 33.7. The highest BCUT2D eigenvalue weighted by molar-refractivity contribution is 7.47. The van der Waals surface area contributed by atoms with Crippen LogP contribution in [0.2, 0.25) is 0 Å². The van der Waals surface area contributed by atoms with Gasteiger partial charge in [0.1, 0.15) is 6.61 Å². The van der Waals surface area contributed by atoms with E-state index in [0.29, 0.717) is 6.42 Å². The number of hydrogen-bond donors (Lipinski definition) is 1. The first-order chi connectivity index (χ1) is 25.3. The molecule has 0 spiro atoms. The molecule has 0 aromatic rings. The molecule has 0 aliphatic rings. The van der Waals surface area contributed by atoms with E-state index in [4.69, 9.17) is 14.0 Å². The molecule has 0 aromatic heterocycles. The van der Waals surface area contributed by atoms with Gasteiger partial charge in [-0.2, -0.15) is 0 Å². The predicted molar refractivity (Wildman–Crippen MR) is 216 cm³/mol. The van der Waals surface area contributed by atoms with E-state index >= 15 is 0 Å². The summed E-state index contributed by atoms with van der Waals surface area (Å²) in [6, 6.07) is 0. The maximum atomic E-state index is 12.5. The molecule has 0 radical (unpaired) electrons. The van der Waals surface area contributed by atoms with Crippen LogP contribution >= 0.6 is 7.82 Å². The van der Waals surface area contributed by atoms with Crippen LogP contribution in [0.3, 0.4) is 0 Å². The first kappa shape index (κ1) is 50.3. The van der Waals surface area contributed by atoms with Gasteiger partial charge in [0.15, 0.2) is 6.10 Å². The molecule has 0 fully saturated rings. The Balaban J connectivity index is 4.01. The van der Waals surface area contributed by atoms with Crippen LogP contribution in [0.1, 0.15) is 200 Å². The highest BCUT2D eigenvalue weighted by Crippen LogP contribution is 2.42. The van der Waals surface area contributed by atoms with Crippen LogP contribution in [0.15, 0.2) is 36.5 Å². The largest absolute Gasteiger partial charge is 0.472 e. The molecule has 9 heteroatoms. The Morgan fingerprint density at radius 1 is 0.538 bits per heavy atom. The van der Waals surface area contributed by atoms with E-state index in [9.17, 15) is 19.0 Å². The summed E-state index contributed by atoms with van der Waals surface area (Å²) in [7, 11) is -3.20. The highest BCUT2D eigenvalue weighted by atomic mass is 31.2. The Morgan fingerprint density at radius 2 is 0.923 bits per heavy atom.